The smallest absolute Gasteiger partial charge is 0.410 e. The Hall–Kier alpha value is -3.37. The fourth-order valence-electron chi connectivity index (χ4n) is 5.36. The van der Waals surface area contributed by atoms with Gasteiger partial charge in [-0.15, -0.1) is 0 Å². The monoisotopic (exact) mass is 588 g/mol. The van der Waals surface area contributed by atoms with E-state index < -0.39 is 29.1 Å². The van der Waals surface area contributed by atoms with Gasteiger partial charge in [-0.1, -0.05) is 0 Å². The lowest BCUT2D eigenvalue weighted by Crippen LogP contribution is -2.46. The number of carbonyl (C=O) groups is 4. The summed E-state index contributed by atoms with van der Waals surface area (Å²) in [5.74, 6) is -0.815. The minimum atomic E-state index is -0.732. The lowest BCUT2D eigenvalue weighted by Gasteiger charge is -2.35. The fourth-order valence-corrected chi connectivity index (χ4v) is 5.36. The van der Waals surface area contributed by atoms with E-state index in [9.17, 15) is 24.3 Å². The third-order valence-electron chi connectivity index (χ3n) is 7.43. The van der Waals surface area contributed by atoms with Crippen molar-refractivity contribution in [2.45, 2.75) is 104 Å². The molecular weight excluding hydrogens is 540 g/mol. The van der Waals surface area contributed by atoms with Crippen LogP contribution in [0.3, 0.4) is 0 Å². The summed E-state index contributed by atoms with van der Waals surface area (Å²) in [5.41, 5.74) is -0.706. The highest BCUT2D eigenvalue weighted by Gasteiger charge is 2.32. The van der Waals surface area contributed by atoms with Crippen LogP contribution in [0.4, 0.5) is 4.79 Å². The molecule has 0 aliphatic carbocycles. The molecule has 2 aliphatic heterocycles. The topological polar surface area (TPSA) is 138 Å². The molecule has 1 aromatic heterocycles. The van der Waals surface area contributed by atoms with E-state index in [1.165, 1.54) is 18.5 Å². The summed E-state index contributed by atoms with van der Waals surface area (Å²) in [6.45, 7) is 13.1. The molecule has 2 N–H and O–H groups in total. The molecule has 0 radical (unpaired) electrons. The molecule has 42 heavy (non-hydrogen) atoms. The molecule has 11 heteroatoms. The van der Waals surface area contributed by atoms with Gasteiger partial charge in [0, 0.05) is 38.8 Å². The van der Waals surface area contributed by atoms with Crippen LogP contribution in [-0.2, 0) is 23.9 Å². The Kier molecular flexibility index (Phi) is 11.2. The van der Waals surface area contributed by atoms with Gasteiger partial charge in [0.05, 0.1) is 24.6 Å². The summed E-state index contributed by atoms with van der Waals surface area (Å²) in [7, 11) is 0. The van der Waals surface area contributed by atoms with Gasteiger partial charge in [-0.05, 0) is 91.2 Å². The minimum Gasteiger partial charge on any atom is -0.506 e. The first-order valence-electron chi connectivity index (χ1n) is 15.0. The standard InChI is InChI=1S/C31H48N4O7/c1-30(2,3)41-27(38)17-25(23-16-24(36)19-32-18-23)33-28(39)22-8-7-13-35(20-22)26(37)10-9-21-11-14-34(15-12-21)29(40)42-31(4,5)6/h16,18-19,21-22,25,36H,7-15,17,20H2,1-6H3,(H,33,39). The molecule has 2 fully saturated rings. The van der Waals surface area contributed by atoms with Crippen LogP contribution in [0.5, 0.6) is 5.75 Å². The van der Waals surface area contributed by atoms with Gasteiger partial charge < -0.3 is 29.7 Å². The quantitative estimate of drug-likeness (QED) is 0.428. The highest BCUT2D eigenvalue weighted by Crippen LogP contribution is 2.27. The lowest BCUT2D eigenvalue weighted by molar-refractivity contribution is -0.155. The Morgan fingerprint density at radius 1 is 0.976 bits per heavy atom. The second kappa shape index (κ2) is 14.2. The first-order chi connectivity index (χ1) is 19.6. The summed E-state index contributed by atoms with van der Waals surface area (Å²) < 4.78 is 10.9. The van der Waals surface area contributed by atoms with Crippen molar-refractivity contribution in [1.82, 2.24) is 20.1 Å². The van der Waals surface area contributed by atoms with E-state index in [2.05, 4.69) is 10.3 Å². The van der Waals surface area contributed by atoms with Crippen molar-refractivity contribution >= 4 is 23.9 Å². The highest BCUT2D eigenvalue weighted by molar-refractivity contribution is 5.82. The van der Waals surface area contributed by atoms with E-state index in [0.717, 1.165) is 19.3 Å². The Balaban J connectivity index is 1.51. The van der Waals surface area contributed by atoms with Gasteiger partial charge >= 0.3 is 12.1 Å². The number of likely N-dealkylation sites (tertiary alicyclic amines) is 2. The SMILES string of the molecule is CC(C)(C)OC(=O)CC(NC(=O)C1CCCN(C(=O)CCC2CCN(C(=O)OC(C)(C)C)CC2)C1)c1cncc(O)c1. The van der Waals surface area contributed by atoms with Crippen LogP contribution in [0.2, 0.25) is 0 Å². The van der Waals surface area contributed by atoms with Crippen LogP contribution in [0, 0.1) is 11.8 Å². The van der Waals surface area contributed by atoms with Crippen molar-refractivity contribution in [3.8, 4) is 5.75 Å². The molecular formula is C31H48N4O7. The number of piperidine rings is 2. The molecule has 2 atom stereocenters. The van der Waals surface area contributed by atoms with Gasteiger partial charge in [-0.3, -0.25) is 19.4 Å². The Labute approximate surface area is 249 Å². The van der Waals surface area contributed by atoms with Crippen molar-refractivity contribution in [1.29, 1.82) is 0 Å². The maximum absolute atomic E-state index is 13.4. The summed E-state index contributed by atoms with van der Waals surface area (Å²) in [5, 5.41) is 12.9. The zero-order chi connectivity index (χ0) is 31.1. The molecule has 2 aliphatic rings. The molecule has 0 spiro atoms. The molecule has 0 saturated carbocycles. The van der Waals surface area contributed by atoms with Crippen molar-refractivity contribution in [2.75, 3.05) is 26.2 Å². The molecule has 234 valence electrons. The van der Waals surface area contributed by atoms with Gasteiger partial charge in [-0.2, -0.15) is 0 Å². The molecule has 3 heterocycles. The van der Waals surface area contributed by atoms with Gasteiger partial charge in [0.1, 0.15) is 17.0 Å². The number of nitrogens with zero attached hydrogens (tertiary/aromatic N) is 3. The summed E-state index contributed by atoms with van der Waals surface area (Å²) in [6.07, 6.45) is 6.55. The number of aromatic hydroxyl groups is 1. The average molecular weight is 589 g/mol. The van der Waals surface area contributed by atoms with Crippen molar-refractivity contribution < 1.29 is 33.8 Å². The third kappa shape index (κ3) is 10.8. The predicted octanol–water partition coefficient (Wildman–Crippen LogP) is 4.34. The number of ether oxygens (including phenoxy) is 2. The van der Waals surface area contributed by atoms with Gasteiger partial charge in [0.2, 0.25) is 11.8 Å². The predicted molar refractivity (Wildman–Crippen MR) is 156 cm³/mol. The number of esters is 1. The third-order valence-corrected chi connectivity index (χ3v) is 7.43. The van der Waals surface area contributed by atoms with Crippen molar-refractivity contribution in [3.63, 3.8) is 0 Å². The number of pyridine rings is 1. The van der Waals surface area contributed by atoms with Gasteiger partial charge in [0.15, 0.2) is 0 Å². The lowest BCUT2D eigenvalue weighted by atomic mass is 9.91. The van der Waals surface area contributed by atoms with E-state index in [0.29, 0.717) is 56.9 Å². The first kappa shape index (κ1) is 33.1. The number of hydrogen-bond acceptors (Lipinski definition) is 8. The van der Waals surface area contributed by atoms with Crippen LogP contribution >= 0.6 is 0 Å². The number of amides is 3. The molecule has 3 amide bonds. The number of aromatic nitrogens is 1. The Bertz CT molecular complexity index is 1100. The zero-order valence-corrected chi connectivity index (χ0v) is 26.0. The first-order valence-corrected chi connectivity index (χ1v) is 15.0. The van der Waals surface area contributed by atoms with Crippen LogP contribution in [0.15, 0.2) is 18.5 Å². The normalized spacial score (nSPS) is 19.1. The maximum atomic E-state index is 13.4. The molecule has 2 saturated heterocycles. The van der Waals surface area contributed by atoms with E-state index in [4.69, 9.17) is 9.47 Å². The number of rotatable bonds is 8. The number of hydrogen-bond donors (Lipinski definition) is 2. The van der Waals surface area contributed by atoms with E-state index in [-0.39, 0.29) is 30.1 Å². The molecule has 11 nitrogen and oxygen atoms in total. The van der Waals surface area contributed by atoms with Crippen molar-refractivity contribution in [2.24, 2.45) is 11.8 Å². The Morgan fingerprint density at radius 3 is 2.26 bits per heavy atom. The van der Waals surface area contributed by atoms with Gasteiger partial charge in [0.25, 0.3) is 0 Å². The molecule has 3 rings (SSSR count). The minimum absolute atomic E-state index is 0.0320. The Morgan fingerprint density at radius 2 is 1.64 bits per heavy atom. The molecule has 0 aromatic carbocycles. The fraction of sp³-hybridized carbons (Fsp3) is 0.710. The van der Waals surface area contributed by atoms with Crippen LogP contribution in [-0.4, -0.2) is 81.1 Å². The number of nitrogens with one attached hydrogen (secondary N) is 1. The average Bonchev–Trinajstić information content (AvgIpc) is 2.89. The van der Waals surface area contributed by atoms with E-state index in [1.807, 2.05) is 20.8 Å². The van der Waals surface area contributed by atoms with E-state index >= 15 is 0 Å². The summed E-state index contributed by atoms with van der Waals surface area (Å²) in [6, 6.07) is 0.737. The molecule has 0 bridgehead atoms. The summed E-state index contributed by atoms with van der Waals surface area (Å²) >= 11 is 0. The highest BCUT2D eigenvalue weighted by atomic mass is 16.6. The van der Waals surface area contributed by atoms with Crippen molar-refractivity contribution in [3.05, 3.63) is 24.0 Å². The second-order valence-electron chi connectivity index (χ2n) is 13.5. The van der Waals surface area contributed by atoms with Crippen LogP contribution in [0.1, 0.15) is 98.1 Å². The number of carbonyl (C=O) groups excluding carboxylic acids is 4. The van der Waals surface area contributed by atoms with E-state index in [1.54, 1.807) is 30.6 Å². The summed E-state index contributed by atoms with van der Waals surface area (Å²) in [4.78, 5) is 58.9. The largest absolute Gasteiger partial charge is 0.506 e. The van der Waals surface area contributed by atoms with Crippen LogP contribution in [0.25, 0.3) is 0 Å². The van der Waals surface area contributed by atoms with Crippen LogP contribution < -0.4 is 5.32 Å². The maximum Gasteiger partial charge on any atom is 0.410 e. The second-order valence-corrected chi connectivity index (χ2v) is 13.5. The zero-order valence-electron chi connectivity index (χ0n) is 26.0. The molecule has 2 unspecified atom stereocenters. The van der Waals surface area contributed by atoms with Gasteiger partial charge in [-0.25, -0.2) is 4.79 Å². The molecule has 1 aromatic rings.